The van der Waals surface area contributed by atoms with Crippen LogP contribution in [0.3, 0.4) is 0 Å². The van der Waals surface area contributed by atoms with Crippen molar-refractivity contribution in [3.8, 4) is 11.1 Å². The zero-order valence-electron chi connectivity index (χ0n) is 13.0. The van der Waals surface area contributed by atoms with Crippen LogP contribution in [-0.2, 0) is 6.54 Å². The first-order valence-corrected chi connectivity index (χ1v) is 7.87. The van der Waals surface area contributed by atoms with Gasteiger partial charge < -0.3 is 16.5 Å². The van der Waals surface area contributed by atoms with Crippen LogP contribution >= 0.6 is 11.6 Å². The number of hydrogen-bond acceptors (Lipinski definition) is 4. The van der Waals surface area contributed by atoms with Crippen molar-refractivity contribution in [1.82, 2.24) is 4.98 Å². The summed E-state index contributed by atoms with van der Waals surface area (Å²) in [7, 11) is 0. The first kappa shape index (κ1) is 16.0. The largest absolute Gasteiger partial charge is 0.398 e. The Hall–Kier alpha value is -2.85. The van der Waals surface area contributed by atoms with Crippen molar-refractivity contribution in [1.29, 1.82) is 5.41 Å². The minimum Gasteiger partial charge on any atom is -0.398 e. The lowest BCUT2D eigenvalue weighted by atomic mass is 10.0. The van der Waals surface area contributed by atoms with Crippen LogP contribution in [0.1, 0.15) is 11.1 Å². The third-order valence-electron chi connectivity index (χ3n) is 3.71. The standard InChI is InChI=1S/C19H17ClN4/c20-17-2-4-18(5-3-17)24-11-13-7-16(12-23-10-13)14-1-6-19(22)15(8-14)9-21/h1-10,12,21,24H,11,22H2. The summed E-state index contributed by atoms with van der Waals surface area (Å²) in [6, 6.07) is 15.3. The Bertz CT molecular complexity index is 859. The van der Waals surface area contributed by atoms with Gasteiger partial charge in [-0.1, -0.05) is 17.7 Å². The minimum absolute atomic E-state index is 0.599. The molecular formula is C19H17ClN4. The van der Waals surface area contributed by atoms with Gasteiger partial charge in [0.1, 0.15) is 0 Å². The van der Waals surface area contributed by atoms with Crippen molar-refractivity contribution in [2.75, 3.05) is 11.1 Å². The zero-order valence-corrected chi connectivity index (χ0v) is 13.7. The van der Waals surface area contributed by atoms with Crippen LogP contribution in [0.2, 0.25) is 5.02 Å². The molecule has 0 spiro atoms. The van der Waals surface area contributed by atoms with Crippen LogP contribution in [0.4, 0.5) is 11.4 Å². The molecule has 0 saturated carbocycles. The van der Waals surface area contributed by atoms with Gasteiger partial charge in [0.05, 0.1) is 0 Å². The molecule has 0 radical (unpaired) electrons. The van der Waals surface area contributed by atoms with Gasteiger partial charge >= 0.3 is 0 Å². The number of rotatable bonds is 5. The molecule has 0 saturated heterocycles. The molecule has 3 aromatic rings. The number of nitrogens with one attached hydrogen (secondary N) is 2. The van der Waals surface area contributed by atoms with Gasteiger partial charge in [-0.25, -0.2) is 0 Å². The zero-order chi connectivity index (χ0) is 16.9. The second-order valence-electron chi connectivity index (χ2n) is 5.43. The van der Waals surface area contributed by atoms with E-state index in [4.69, 9.17) is 22.7 Å². The van der Waals surface area contributed by atoms with E-state index in [2.05, 4.69) is 16.4 Å². The molecule has 1 aromatic heterocycles. The van der Waals surface area contributed by atoms with E-state index in [0.717, 1.165) is 27.4 Å². The molecular weight excluding hydrogens is 320 g/mol. The molecule has 4 N–H and O–H groups in total. The third kappa shape index (κ3) is 3.73. The third-order valence-corrected chi connectivity index (χ3v) is 3.96. The number of hydrogen-bond donors (Lipinski definition) is 3. The Morgan fingerprint density at radius 2 is 1.83 bits per heavy atom. The summed E-state index contributed by atoms with van der Waals surface area (Å²) in [5.41, 5.74) is 11.2. The molecule has 0 amide bonds. The van der Waals surface area contributed by atoms with Crippen LogP contribution in [-0.4, -0.2) is 11.2 Å². The summed E-state index contributed by atoms with van der Waals surface area (Å²) in [5.74, 6) is 0. The molecule has 24 heavy (non-hydrogen) atoms. The normalized spacial score (nSPS) is 10.4. The van der Waals surface area contributed by atoms with E-state index >= 15 is 0 Å². The molecule has 0 bridgehead atoms. The van der Waals surface area contributed by atoms with Crippen molar-refractivity contribution in [3.63, 3.8) is 0 Å². The van der Waals surface area contributed by atoms with E-state index in [0.29, 0.717) is 17.8 Å². The maximum Gasteiger partial charge on any atom is 0.0416 e. The smallest absolute Gasteiger partial charge is 0.0416 e. The lowest BCUT2D eigenvalue weighted by molar-refractivity contribution is 1.11. The SMILES string of the molecule is N=Cc1cc(-c2cncc(CNc3ccc(Cl)cc3)c2)ccc1N. The molecule has 0 aliphatic heterocycles. The minimum atomic E-state index is 0.599. The summed E-state index contributed by atoms with van der Waals surface area (Å²) in [4.78, 5) is 4.32. The number of halogens is 1. The topological polar surface area (TPSA) is 74.8 Å². The molecule has 120 valence electrons. The summed E-state index contributed by atoms with van der Waals surface area (Å²) in [6.45, 7) is 0.662. The van der Waals surface area contributed by atoms with Crippen molar-refractivity contribution >= 4 is 29.2 Å². The van der Waals surface area contributed by atoms with Crippen molar-refractivity contribution in [2.24, 2.45) is 0 Å². The summed E-state index contributed by atoms with van der Waals surface area (Å²) >= 11 is 5.89. The predicted molar refractivity (Wildman–Crippen MR) is 101 cm³/mol. The van der Waals surface area contributed by atoms with E-state index < -0.39 is 0 Å². The first-order valence-electron chi connectivity index (χ1n) is 7.49. The highest BCUT2D eigenvalue weighted by atomic mass is 35.5. The second-order valence-corrected chi connectivity index (χ2v) is 5.87. The van der Waals surface area contributed by atoms with Gasteiger partial charge in [0.15, 0.2) is 0 Å². The van der Waals surface area contributed by atoms with Crippen LogP contribution in [0.15, 0.2) is 60.9 Å². The number of pyridine rings is 1. The fourth-order valence-corrected chi connectivity index (χ4v) is 2.52. The number of aromatic nitrogens is 1. The highest BCUT2D eigenvalue weighted by Crippen LogP contribution is 2.23. The van der Waals surface area contributed by atoms with E-state index in [9.17, 15) is 0 Å². The number of anilines is 2. The van der Waals surface area contributed by atoms with Gasteiger partial charge in [0.25, 0.3) is 0 Å². The predicted octanol–water partition coefficient (Wildman–Crippen LogP) is 4.59. The van der Waals surface area contributed by atoms with Crippen LogP contribution in [0.25, 0.3) is 11.1 Å². The quantitative estimate of drug-likeness (QED) is 0.471. The highest BCUT2D eigenvalue weighted by molar-refractivity contribution is 6.30. The van der Waals surface area contributed by atoms with E-state index in [-0.39, 0.29) is 0 Å². The second kappa shape index (κ2) is 7.15. The first-order chi connectivity index (χ1) is 11.7. The average Bonchev–Trinajstić information content (AvgIpc) is 2.62. The number of nitrogen functional groups attached to an aromatic ring is 1. The molecule has 3 rings (SSSR count). The van der Waals surface area contributed by atoms with Crippen molar-refractivity contribution in [2.45, 2.75) is 6.54 Å². The van der Waals surface area contributed by atoms with Gasteiger partial charge in [0.2, 0.25) is 0 Å². The van der Waals surface area contributed by atoms with Gasteiger partial charge in [-0.3, -0.25) is 4.98 Å². The Balaban J connectivity index is 1.79. The van der Waals surface area contributed by atoms with Gasteiger partial charge in [-0.2, -0.15) is 0 Å². The van der Waals surface area contributed by atoms with Gasteiger partial charge in [-0.05, 0) is 53.6 Å². The number of benzene rings is 2. The van der Waals surface area contributed by atoms with E-state index in [1.807, 2.05) is 54.9 Å². The number of nitrogens with two attached hydrogens (primary N) is 1. The fourth-order valence-electron chi connectivity index (χ4n) is 2.39. The molecule has 4 nitrogen and oxygen atoms in total. The van der Waals surface area contributed by atoms with Crippen LogP contribution in [0, 0.1) is 5.41 Å². The molecule has 0 atom stereocenters. The summed E-state index contributed by atoms with van der Waals surface area (Å²) in [6.07, 6.45) is 4.91. The Morgan fingerprint density at radius 1 is 1.04 bits per heavy atom. The van der Waals surface area contributed by atoms with E-state index in [1.54, 1.807) is 0 Å². The Kier molecular flexibility index (Phi) is 4.77. The fraction of sp³-hybridized carbons (Fsp3) is 0.0526. The summed E-state index contributed by atoms with van der Waals surface area (Å²) in [5, 5.41) is 11.5. The average molecular weight is 337 g/mol. The van der Waals surface area contributed by atoms with Crippen LogP contribution < -0.4 is 11.1 Å². The highest BCUT2D eigenvalue weighted by Gasteiger charge is 2.04. The number of nitrogens with zero attached hydrogens (tertiary/aromatic N) is 1. The maximum atomic E-state index is 7.42. The molecule has 0 aliphatic carbocycles. The molecule has 5 heteroatoms. The monoisotopic (exact) mass is 336 g/mol. The molecule has 0 unspecified atom stereocenters. The lowest BCUT2D eigenvalue weighted by Crippen LogP contribution is -2.00. The molecule has 2 aromatic carbocycles. The Morgan fingerprint density at radius 3 is 2.58 bits per heavy atom. The summed E-state index contributed by atoms with van der Waals surface area (Å²) < 4.78 is 0. The lowest BCUT2D eigenvalue weighted by Gasteiger charge is -2.09. The maximum absolute atomic E-state index is 7.42. The molecule has 0 aliphatic rings. The van der Waals surface area contributed by atoms with E-state index in [1.165, 1.54) is 6.21 Å². The van der Waals surface area contributed by atoms with Crippen molar-refractivity contribution < 1.29 is 0 Å². The van der Waals surface area contributed by atoms with Crippen LogP contribution in [0.5, 0.6) is 0 Å². The molecule has 0 fully saturated rings. The van der Waals surface area contributed by atoms with Crippen molar-refractivity contribution in [3.05, 3.63) is 77.1 Å². The molecule has 1 heterocycles. The van der Waals surface area contributed by atoms with Gasteiger partial charge in [-0.15, -0.1) is 0 Å². The Labute approximate surface area is 145 Å². The van der Waals surface area contributed by atoms with Gasteiger partial charge in [0, 0.05) is 52.7 Å².